The normalized spacial score (nSPS) is 11.9. The van der Waals surface area contributed by atoms with Crippen molar-refractivity contribution in [3.05, 3.63) is 146 Å². The van der Waals surface area contributed by atoms with Gasteiger partial charge < -0.3 is 4.42 Å². The van der Waals surface area contributed by atoms with Crippen LogP contribution < -0.4 is 0 Å². The molecule has 0 aliphatic heterocycles. The second kappa shape index (κ2) is 8.48. The monoisotopic (exact) mass is 524 g/mol. The molecular formula is C38H24N2O. The van der Waals surface area contributed by atoms with Crippen molar-refractivity contribution in [1.29, 1.82) is 0 Å². The van der Waals surface area contributed by atoms with Crippen molar-refractivity contribution >= 4 is 54.8 Å². The highest BCUT2D eigenvalue weighted by molar-refractivity contribution is 6.22. The van der Waals surface area contributed by atoms with Crippen molar-refractivity contribution in [2.75, 3.05) is 0 Å². The molecule has 0 atom stereocenters. The molecule has 6 aromatic carbocycles. The number of hydrogen-bond donors (Lipinski definition) is 0. The molecule has 3 heteroatoms. The molecule has 41 heavy (non-hydrogen) atoms. The predicted octanol–water partition coefficient (Wildman–Crippen LogP) is 10.3. The van der Waals surface area contributed by atoms with E-state index >= 15 is 0 Å². The number of benzene rings is 6. The molecule has 3 heterocycles. The molecule has 3 aromatic heterocycles. The first-order valence-electron chi connectivity index (χ1n) is 14.0. The second-order valence-electron chi connectivity index (χ2n) is 10.6. The highest BCUT2D eigenvalue weighted by atomic mass is 16.3. The number of furan rings is 1. The number of rotatable bonds is 3. The van der Waals surface area contributed by atoms with E-state index in [0.29, 0.717) is 0 Å². The Morgan fingerprint density at radius 1 is 0.390 bits per heavy atom. The molecule has 0 aliphatic carbocycles. The lowest BCUT2D eigenvalue weighted by Crippen LogP contribution is -2.01. The Morgan fingerprint density at radius 2 is 0.927 bits per heavy atom. The predicted molar refractivity (Wildman–Crippen MR) is 170 cm³/mol. The lowest BCUT2D eigenvalue weighted by molar-refractivity contribution is 0.669. The van der Waals surface area contributed by atoms with Gasteiger partial charge in [0.05, 0.1) is 11.0 Å². The van der Waals surface area contributed by atoms with Crippen molar-refractivity contribution in [3.63, 3.8) is 0 Å². The van der Waals surface area contributed by atoms with E-state index in [-0.39, 0.29) is 0 Å². The van der Waals surface area contributed by atoms with Gasteiger partial charge in [-0.2, -0.15) is 0 Å². The molecule has 9 rings (SSSR count). The Bertz CT molecular complexity index is 2400. The first-order valence-corrected chi connectivity index (χ1v) is 14.0. The van der Waals surface area contributed by atoms with E-state index < -0.39 is 0 Å². The molecule has 0 aliphatic rings. The van der Waals surface area contributed by atoms with Gasteiger partial charge in [0.2, 0.25) is 0 Å². The van der Waals surface area contributed by atoms with Crippen LogP contribution in [-0.2, 0) is 0 Å². The highest BCUT2D eigenvalue weighted by Crippen LogP contribution is 2.41. The summed E-state index contributed by atoms with van der Waals surface area (Å²) in [6.45, 7) is 0. The van der Waals surface area contributed by atoms with Crippen molar-refractivity contribution < 1.29 is 4.42 Å². The Labute approximate surface area is 236 Å². The summed E-state index contributed by atoms with van der Waals surface area (Å²) in [6, 6.07) is 51.8. The minimum absolute atomic E-state index is 0.918. The van der Waals surface area contributed by atoms with Crippen LogP contribution in [0.2, 0.25) is 0 Å². The third-order valence-corrected chi connectivity index (χ3v) is 8.33. The molecule has 192 valence electrons. The van der Waals surface area contributed by atoms with E-state index in [1.807, 2.05) is 12.1 Å². The van der Waals surface area contributed by atoms with Crippen molar-refractivity contribution in [1.82, 2.24) is 9.13 Å². The average molecular weight is 525 g/mol. The Kier molecular flexibility index (Phi) is 4.61. The molecule has 0 fully saturated rings. The number of hydrogen-bond acceptors (Lipinski definition) is 1. The third-order valence-electron chi connectivity index (χ3n) is 8.33. The van der Waals surface area contributed by atoms with Crippen molar-refractivity contribution in [3.8, 4) is 22.5 Å². The minimum Gasteiger partial charge on any atom is -0.456 e. The van der Waals surface area contributed by atoms with Gasteiger partial charge in [0.1, 0.15) is 16.8 Å². The summed E-state index contributed by atoms with van der Waals surface area (Å²) in [6.07, 6.45) is 0. The number of nitrogens with zero attached hydrogens (tertiary/aromatic N) is 2. The van der Waals surface area contributed by atoms with E-state index in [2.05, 4.69) is 143 Å². The van der Waals surface area contributed by atoms with E-state index in [1.54, 1.807) is 0 Å². The van der Waals surface area contributed by atoms with Crippen LogP contribution in [0.5, 0.6) is 0 Å². The molecule has 0 saturated carbocycles. The van der Waals surface area contributed by atoms with Crippen LogP contribution >= 0.6 is 0 Å². The summed E-state index contributed by atoms with van der Waals surface area (Å²) in [5, 5.41) is 6.10. The molecule has 0 radical (unpaired) electrons. The van der Waals surface area contributed by atoms with E-state index in [4.69, 9.17) is 4.42 Å². The molecule has 0 N–H and O–H groups in total. The van der Waals surface area contributed by atoms with Gasteiger partial charge in [0.15, 0.2) is 0 Å². The summed E-state index contributed by atoms with van der Waals surface area (Å²) in [5.74, 6) is 0. The fourth-order valence-corrected chi connectivity index (χ4v) is 6.51. The summed E-state index contributed by atoms with van der Waals surface area (Å²) in [4.78, 5) is 0. The Morgan fingerprint density at radius 3 is 1.63 bits per heavy atom. The smallest absolute Gasteiger partial charge is 0.135 e. The van der Waals surface area contributed by atoms with E-state index in [1.165, 1.54) is 44.0 Å². The van der Waals surface area contributed by atoms with E-state index in [9.17, 15) is 0 Å². The fraction of sp³-hybridized carbons (Fsp3) is 0. The van der Waals surface area contributed by atoms with Gasteiger partial charge in [-0.25, -0.2) is 0 Å². The number of para-hydroxylation sites is 4. The average Bonchev–Trinajstić information content (AvgIpc) is 3.69. The lowest BCUT2D eigenvalue weighted by atomic mass is 10.0. The van der Waals surface area contributed by atoms with Gasteiger partial charge in [-0.05, 0) is 65.7 Å². The van der Waals surface area contributed by atoms with E-state index in [0.717, 1.165) is 33.3 Å². The number of fused-ring (bicyclic) bond motifs is 8. The summed E-state index contributed by atoms with van der Waals surface area (Å²) in [7, 11) is 0. The molecule has 9 aromatic rings. The van der Waals surface area contributed by atoms with Crippen LogP contribution in [0.4, 0.5) is 0 Å². The standard InChI is InChI=1S/C38H24N2O/c1-2-10-27(11-3-1)39-33-15-7-4-13-30(33)37-31-14-5-8-16-34(31)40(38(37)39)28-21-18-25(19-22-28)26-20-23-36-32(24-26)29-12-6-9-17-35(29)41-36/h1-24H. The van der Waals surface area contributed by atoms with Crippen LogP contribution in [0.3, 0.4) is 0 Å². The second-order valence-corrected chi connectivity index (χ2v) is 10.6. The van der Waals surface area contributed by atoms with Crippen molar-refractivity contribution in [2.24, 2.45) is 0 Å². The zero-order valence-corrected chi connectivity index (χ0v) is 22.2. The SMILES string of the molecule is c1ccc(-n2c3ccccc3c3c4ccccc4n(-c4ccc(-c5ccc6oc7ccccc7c6c5)cc4)c32)cc1. The molecule has 0 saturated heterocycles. The maximum absolute atomic E-state index is 6.06. The minimum atomic E-state index is 0.918. The molecule has 3 nitrogen and oxygen atoms in total. The topological polar surface area (TPSA) is 23.0 Å². The Balaban J connectivity index is 1.28. The van der Waals surface area contributed by atoms with Crippen LogP contribution in [-0.4, -0.2) is 9.13 Å². The zero-order chi connectivity index (χ0) is 26.9. The molecule has 0 amide bonds. The molecule has 0 bridgehead atoms. The molecule has 0 unspecified atom stereocenters. The van der Waals surface area contributed by atoms with Gasteiger partial charge in [0.25, 0.3) is 0 Å². The Hall–Kier alpha value is -5.54. The first-order chi connectivity index (χ1) is 20.3. The summed E-state index contributed by atoms with van der Waals surface area (Å²) >= 11 is 0. The van der Waals surface area contributed by atoms with Gasteiger partial charge in [-0.15, -0.1) is 0 Å². The maximum atomic E-state index is 6.06. The first kappa shape index (κ1) is 22.3. The van der Waals surface area contributed by atoms with Crippen LogP contribution in [0.25, 0.3) is 77.3 Å². The number of aromatic nitrogens is 2. The summed E-state index contributed by atoms with van der Waals surface area (Å²) < 4.78 is 10.9. The van der Waals surface area contributed by atoms with Gasteiger partial charge >= 0.3 is 0 Å². The van der Waals surface area contributed by atoms with Crippen LogP contribution in [0.15, 0.2) is 150 Å². The lowest BCUT2D eigenvalue weighted by Gasteiger charge is -2.13. The third kappa shape index (κ3) is 3.20. The maximum Gasteiger partial charge on any atom is 0.135 e. The van der Waals surface area contributed by atoms with Crippen molar-refractivity contribution in [2.45, 2.75) is 0 Å². The zero-order valence-electron chi connectivity index (χ0n) is 22.2. The van der Waals surface area contributed by atoms with Crippen LogP contribution in [0, 0.1) is 0 Å². The fourth-order valence-electron chi connectivity index (χ4n) is 6.51. The summed E-state index contributed by atoms with van der Waals surface area (Å²) in [5.41, 5.74) is 10.1. The molecular weight excluding hydrogens is 500 g/mol. The van der Waals surface area contributed by atoms with Crippen LogP contribution in [0.1, 0.15) is 0 Å². The van der Waals surface area contributed by atoms with Gasteiger partial charge in [-0.3, -0.25) is 9.13 Å². The van der Waals surface area contributed by atoms with Gasteiger partial charge in [0, 0.05) is 38.3 Å². The largest absolute Gasteiger partial charge is 0.456 e. The quantitative estimate of drug-likeness (QED) is 0.225. The van der Waals surface area contributed by atoms with Gasteiger partial charge in [-0.1, -0.05) is 91.0 Å². The molecule has 0 spiro atoms. The highest BCUT2D eigenvalue weighted by Gasteiger charge is 2.21.